The minimum absolute atomic E-state index is 0.0398. The van der Waals surface area contributed by atoms with Crippen molar-refractivity contribution in [2.24, 2.45) is 0 Å². The highest BCUT2D eigenvalue weighted by Crippen LogP contribution is 2.23. The lowest BCUT2D eigenvalue weighted by Gasteiger charge is -2.13. The molecule has 0 bridgehead atoms. The highest BCUT2D eigenvalue weighted by Gasteiger charge is 2.18. The third-order valence-electron chi connectivity index (χ3n) is 4.78. The fourth-order valence-corrected chi connectivity index (χ4v) is 4.22. The fourth-order valence-electron chi connectivity index (χ4n) is 3.08. The normalized spacial score (nSPS) is 11.2. The van der Waals surface area contributed by atoms with Crippen molar-refractivity contribution in [3.05, 3.63) is 95.9 Å². The second-order valence-corrected chi connectivity index (χ2v) is 8.64. The molecular formula is C23H20N4O4S. The van der Waals surface area contributed by atoms with Crippen LogP contribution in [0.5, 0.6) is 0 Å². The Hall–Kier alpha value is -3.98. The van der Waals surface area contributed by atoms with Crippen LogP contribution in [-0.4, -0.2) is 24.5 Å². The highest BCUT2D eigenvalue weighted by molar-refractivity contribution is 7.92. The molecule has 3 aromatic carbocycles. The van der Waals surface area contributed by atoms with Gasteiger partial charge in [0.15, 0.2) is 0 Å². The zero-order valence-electron chi connectivity index (χ0n) is 17.1. The molecule has 0 unspecified atom stereocenters. The molecular weight excluding hydrogens is 428 g/mol. The van der Waals surface area contributed by atoms with E-state index in [2.05, 4.69) is 20.2 Å². The minimum atomic E-state index is -3.77. The van der Waals surface area contributed by atoms with Crippen LogP contribution in [-0.2, 0) is 16.6 Å². The first-order valence-corrected chi connectivity index (χ1v) is 11.3. The van der Waals surface area contributed by atoms with Crippen molar-refractivity contribution in [3.8, 4) is 11.4 Å². The van der Waals surface area contributed by atoms with Crippen LogP contribution in [0, 0.1) is 6.92 Å². The minimum Gasteiger partial charge on any atom is -0.343 e. The van der Waals surface area contributed by atoms with Gasteiger partial charge >= 0.3 is 0 Å². The Bertz CT molecular complexity index is 1340. The van der Waals surface area contributed by atoms with Crippen LogP contribution >= 0.6 is 0 Å². The molecule has 8 nitrogen and oxygen atoms in total. The monoisotopic (exact) mass is 448 g/mol. The molecule has 2 N–H and O–H groups in total. The molecule has 0 atom stereocenters. The maximum atomic E-state index is 12.7. The molecule has 1 aromatic heterocycles. The van der Waals surface area contributed by atoms with Crippen molar-refractivity contribution < 1.29 is 17.7 Å². The summed E-state index contributed by atoms with van der Waals surface area (Å²) in [5.41, 5.74) is 1.97. The maximum absolute atomic E-state index is 12.7. The second-order valence-electron chi connectivity index (χ2n) is 6.96. The average molecular weight is 449 g/mol. The van der Waals surface area contributed by atoms with Gasteiger partial charge in [-0.2, -0.15) is 4.98 Å². The van der Waals surface area contributed by atoms with Crippen LogP contribution in [0.15, 0.2) is 88.3 Å². The van der Waals surface area contributed by atoms with Gasteiger partial charge in [-0.1, -0.05) is 59.8 Å². The van der Waals surface area contributed by atoms with Gasteiger partial charge in [-0.15, -0.1) is 0 Å². The van der Waals surface area contributed by atoms with Crippen LogP contribution in [0.1, 0.15) is 21.8 Å². The van der Waals surface area contributed by atoms with E-state index in [0.717, 1.165) is 5.56 Å². The summed E-state index contributed by atoms with van der Waals surface area (Å²) in [6.45, 7) is 1.72. The highest BCUT2D eigenvalue weighted by atomic mass is 32.2. The fraction of sp³-hybridized carbons (Fsp3) is 0.0870. The molecule has 1 amide bonds. The van der Waals surface area contributed by atoms with Gasteiger partial charge in [-0.3, -0.25) is 9.52 Å². The number of hydrogen-bond acceptors (Lipinski definition) is 6. The van der Waals surface area contributed by atoms with Crippen molar-refractivity contribution in [1.29, 1.82) is 0 Å². The predicted molar refractivity (Wildman–Crippen MR) is 119 cm³/mol. The van der Waals surface area contributed by atoms with E-state index >= 15 is 0 Å². The van der Waals surface area contributed by atoms with Crippen molar-refractivity contribution in [3.63, 3.8) is 0 Å². The summed E-state index contributed by atoms with van der Waals surface area (Å²) in [7, 11) is -3.77. The van der Waals surface area contributed by atoms with Gasteiger partial charge in [-0.25, -0.2) is 8.42 Å². The molecule has 0 saturated heterocycles. The molecule has 0 aliphatic heterocycles. The van der Waals surface area contributed by atoms with Gasteiger partial charge in [0.25, 0.3) is 15.9 Å². The Morgan fingerprint density at radius 3 is 2.34 bits per heavy atom. The number of carbonyl (C=O) groups excluding carboxylic acids is 1. The molecule has 0 aliphatic rings. The van der Waals surface area contributed by atoms with Gasteiger partial charge in [-0.05, 0) is 36.8 Å². The van der Waals surface area contributed by atoms with E-state index in [0.29, 0.717) is 22.6 Å². The molecule has 0 aliphatic carbocycles. The van der Waals surface area contributed by atoms with Crippen LogP contribution in [0.25, 0.3) is 11.4 Å². The van der Waals surface area contributed by atoms with E-state index in [4.69, 9.17) is 4.52 Å². The summed E-state index contributed by atoms with van der Waals surface area (Å²) in [5.74, 6) is 0.307. The maximum Gasteiger partial charge on any atom is 0.261 e. The molecule has 9 heteroatoms. The lowest BCUT2D eigenvalue weighted by atomic mass is 10.1. The standard InChI is InChI=1S/C23H20N4O4S/c1-16-19(13-8-14-20(16)27-32(29,30)18-11-6-3-7-12-18)23(28)24-15-21-25-22(26-31-21)17-9-4-2-5-10-17/h2-14,27H,15H2,1H3,(H,24,28). The zero-order valence-corrected chi connectivity index (χ0v) is 18.0. The Morgan fingerprint density at radius 1 is 0.938 bits per heavy atom. The van der Waals surface area contributed by atoms with Gasteiger partial charge in [0, 0.05) is 11.1 Å². The predicted octanol–water partition coefficient (Wildman–Crippen LogP) is 3.78. The third kappa shape index (κ3) is 4.68. The number of rotatable bonds is 7. The molecule has 4 aromatic rings. The summed E-state index contributed by atoms with van der Waals surface area (Å²) in [6, 6.07) is 22.2. The first-order chi connectivity index (χ1) is 15.4. The van der Waals surface area contributed by atoms with Crippen LogP contribution in [0.3, 0.4) is 0 Å². The van der Waals surface area contributed by atoms with Gasteiger partial charge in [0.05, 0.1) is 17.1 Å². The molecule has 4 rings (SSSR count). The number of aromatic nitrogens is 2. The number of benzene rings is 3. The van der Waals surface area contributed by atoms with Crippen LogP contribution < -0.4 is 10.0 Å². The van der Waals surface area contributed by atoms with Crippen molar-refractivity contribution >= 4 is 21.6 Å². The van der Waals surface area contributed by atoms with E-state index in [1.807, 2.05) is 30.3 Å². The number of carbonyl (C=O) groups is 1. The number of nitrogens with zero attached hydrogens (tertiary/aromatic N) is 2. The molecule has 0 fully saturated rings. The van der Waals surface area contributed by atoms with E-state index in [9.17, 15) is 13.2 Å². The quantitative estimate of drug-likeness (QED) is 0.445. The van der Waals surface area contributed by atoms with E-state index in [1.54, 1.807) is 43.3 Å². The molecule has 32 heavy (non-hydrogen) atoms. The number of amides is 1. The summed E-state index contributed by atoms with van der Waals surface area (Å²) < 4.78 is 33.0. The summed E-state index contributed by atoms with van der Waals surface area (Å²) in [6.07, 6.45) is 0. The Morgan fingerprint density at radius 2 is 1.62 bits per heavy atom. The zero-order chi connectivity index (χ0) is 22.6. The molecule has 162 valence electrons. The van der Waals surface area contributed by atoms with Gasteiger partial charge < -0.3 is 9.84 Å². The van der Waals surface area contributed by atoms with Crippen LogP contribution in [0.4, 0.5) is 5.69 Å². The van der Waals surface area contributed by atoms with Crippen LogP contribution in [0.2, 0.25) is 0 Å². The lowest BCUT2D eigenvalue weighted by molar-refractivity contribution is 0.0945. The topological polar surface area (TPSA) is 114 Å². The number of sulfonamides is 1. The smallest absolute Gasteiger partial charge is 0.261 e. The number of nitrogens with one attached hydrogen (secondary N) is 2. The average Bonchev–Trinajstić information content (AvgIpc) is 3.29. The van der Waals surface area contributed by atoms with E-state index in [1.165, 1.54) is 12.1 Å². The van der Waals surface area contributed by atoms with Crippen molar-refractivity contribution in [2.45, 2.75) is 18.4 Å². The first kappa shape index (κ1) is 21.3. The molecule has 0 saturated carbocycles. The SMILES string of the molecule is Cc1c(NS(=O)(=O)c2ccccc2)cccc1C(=O)NCc1nc(-c2ccccc2)no1. The summed E-state index contributed by atoms with van der Waals surface area (Å²) >= 11 is 0. The van der Waals surface area contributed by atoms with E-state index in [-0.39, 0.29) is 23.2 Å². The summed E-state index contributed by atoms with van der Waals surface area (Å²) in [5, 5.41) is 6.65. The Labute approximate surface area is 185 Å². The molecule has 1 heterocycles. The van der Waals surface area contributed by atoms with Gasteiger partial charge in [0.2, 0.25) is 11.7 Å². The third-order valence-corrected chi connectivity index (χ3v) is 6.16. The van der Waals surface area contributed by atoms with Crippen molar-refractivity contribution in [1.82, 2.24) is 15.5 Å². The molecule has 0 spiro atoms. The first-order valence-electron chi connectivity index (χ1n) is 9.78. The Balaban J connectivity index is 1.46. The van der Waals surface area contributed by atoms with Crippen molar-refractivity contribution in [2.75, 3.05) is 4.72 Å². The number of hydrogen-bond donors (Lipinski definition) is 2. The van der Waals surface area contributed by atoms with E-state index < -0.39 is 10.0 Å². The Kier molecular flexibility index (Phi) is 6.00. The number of anilines is 1. The molecule has 0 radical (unpaired) electrons. The summed E-state index contributed by atoms with van der Waals surface area (Å²) in [4.78, 5) is 17.1. The van der Waals surface area contributed by atoms with Gasteiger partial charge in [0.1, 0.15) is 0 Å². The second kappa shape index (κ2) is 9.03. The largest absolute Gasteiger partial charge is 0.343 e. The lowest BCUT2D eigenvalue weighted by Crippen LogP contribution is -2.24.